The van der Waals surface area contributed by atoms with Crippen LogP contribution in [0.1, 0.15) is 18.5 Å². The summed E-state index contributed by atoms with van der Waals surface area (Å²) in [5.74, 6) is -4.95. The van der Waals surface area contributed by atoms with E-state index in [-0.39, 0.29) is 0 Å². The fourth-order valence-corrected chi connectivity index (χ4v) is 3.88. The maximum absolute atomic E-state index is 10.6. The van der Waals surface area contributed by atoms with Crippen molar-refractivity contribution in [2.24, 2.45) is 5.92 Å². The SMILES string of the molecule is O=C(O)C(F)(F)F.O=C(O)C(F)(F)F.c1ccc(CN2CCO[C@H]3C(Cn4cccn4)CC[C@@H]32)nc1. The van der Waals surface area contributed by atoms with Crippen molar-refractivity contribution in [1.29, 1.82) is 0 Å². The summed E-state index contributed by atoms with van der Waals surface area (Å²) in [4.78, 5) is 24.8. The van der Waals surface area contributed by atoms with Crippen molar-refractivity contribution >= 4 is 11.9 Å². The highest BCUT2D eigenvalue weighted by molar-refractivity contribution is 5.73. The predicted octanol–water partition coefficient (Wildman–Crippen LogP) is 3.22. The number of aromatic nitrogens is 3. The first kappa shape index (κ1) is 29.0. The number of morpholine rings is 1. The van der Waals surface area contributed by atoms with Gasteiger partial charge in [-0.1, -0.05) is 6.07 Å². The number of pyridine rings is 1. The largest absolute Gasteiger partial charge is 0.490 e. The first-order valence-corrected chi connectivity index (χ1v) is 10.6. The molecule has 0 amide bonds. The van der Waals surface area contributed by atoms with E-state index in [1.807, 2.05) is 35.4 Å². The molecule has 36 heavy (non-hydrogen) atoms. The number of hydrogen-bond donors (Lipinski definition) is 2. The zero-order chi connectivity index (χ0) is 26.9. The lowest BCUT2D eigenvalue weighted by Crippen LogP contribution is -2.50. The fourth-order valence-electron chi connectivity index (χ4n) is 3.88. The Bertz CT molecular complexity index is 932. The Morgan fingerprint density at radius 3 is 2.14 bits per heavy atom. The van der Waals surface area contributed by atoms with Gasteiger partial charge in [-0.2, -0.15) is 31.4 Å². The summed E-state index contributed by atoms with van der Waals surface area (Å²) in [5.41, 5.74) is 1.15. The summed E-state index contributed by atoms with van der Waals surface area (Å²) in [6, 6.07) is 8.66. The van der Waals surface area contributed by atoms with E-state index in [0.717, 1.165) is 31.9 Å². The number of rotatable bonds is 4. The van der Waals surface area contributed by atoms with Crippen molar-refractivity contribution in [1.82, 2.24) is 19.7 Å². The average Bonchev–Trinajstić information content (AvgIpc) is 3.45. The topological polar surface area (TPSA) is 118 Å². The van der Waals surface area contributed by atoms with Gasteiger partial charge in [-0.3, -0.25) is 14.6 Å². The minimum absolute atomic E-state index is 0.335. The molecular formula is C21H24F6N4O5. The zero-order valence-corrected chi connectivity index (χ0v) is 18.7. The van der Waals surface area contributed by atoms with Crippen molar-refractivity contribution in [2.45, 2.75) is 50.4 Å². The molecule has 2 fully saturated rings. The molecule has 2 aromatic heterocycles. The second-order valence-electron chi connectivity index (χ2n) is 7.87. The van der Waals surface area contributed by atoms with E-state index in [1.54, 1.807) is 0 Å². The van der Waals surface area contributed by atoms with Crippen molar-refractivity contribution < 1.29 is 50.9 Å². The van der Waals surface area contributed by atoms with Crippen molar-refractivity contribution in [3.8, 4) is 0 Å². The lowest BCUT2D eigenvalue weighted by Gasteiger charge is -2.39. The van der Waals surface area contributed by atoms with E-state index in [1.165, 1.54) is 12.8 Å². The summed E-state index contributed by atoms with van der Waals surface area (Å²) in [6.45, 7) is 3.72. The standard InChI is InChI=1S/C17H22N4O.2C2HF3O2/c1-2-7-18-15(4-1)13-20-10-11-22-17-14(5-6-16(17)20)12-21-9-3-8-19-21;2*3-2(4,5)1(6)7/h1-4,7-9,14,16-17H,5-6,10-13H2;2*(H,6,7)/t14?,16-,17-;;/m0../s1. The predicted molar refractivity (Wildman–Crippen MR) is 111 cm³/mol. The maximum Gasteiger partial charge on any atom is 0.490 e. The van der Waals surface area contributed by atoms with Gasteiger partial charge in [0.2, 0.25) is 0 Å². The van der Waals surface area contributed by atoms with E-state index in [0.29, 0.717) is 18.1 Å². The van der Waals surface area contributed by atoms with Crippen LogP contribution in [0.15, 0.2) is 42.9 Å². The number of carboxylic acid groups (broad SMARTS) is 2. The number of halogens is 6. The molecule has 3 heterocycles. The molecule has 0 bridgehead atoms. The van der Waals surface area contributed by atoms with Gasteiger partial charge in [-0.25, -0.2) is 9.59 Å². The minimum Gasteiger partial charge on any atom is -0.475 e. The molecule has 2 N–H and O–H groups in total. The normalized spacial score (nSPS) is 21.9. The van der Waals surface area contributed by atoms with Crippen LogP contribution in [0, 0.1) is 5.92 Å². The highest BCUT2D eigenvalue weighted by Crippen LogP contribution is 2.36. The monoisotopic (exact) mass is 526 g/mol. The lowest BCUT2D eigenvalue weighted by molar-refractivity contribution is -0.193. The number of nitrogens with zero attached hydrogens (tertiary/aromatic N) is 4. The van der Waals surface area contributed by atoms with Crippen LogP contribution in [0.2, 0.25) is 0 Å². The van der Waals surface area contributed by atoms with Gasteiger partial charge in [0.15, 0.2) is 0 Å². The molecular weight excluding hydrogens is 502 g/mol. The van der Waals surface area contributed by atoms with Gasteiger partial charge in [0, 0.05) is 50.2 Å². The summed E-state index contributed by atoms with van der Waals surface area (Å²) in [6.07, 6.45) is -1.63. The van der Waals surface area contributed by atoms with E-state index >= 15 is 0 Å². The van der Waals surface area contributed by atoms with E-state index in [2.05, 4.69) is 27.1 Å². The summed E-state index contributed by atoms with van der Waals surface area (Å²) < 4.78 is 71.6. The molecule has 15 heteroatoms. The van der Waals surface area contributed by atoms with Crippen LogP contribution in [0.5, 0.6) is 0 Å². The molecule has 0 aromatic carbocycles. The molecule has 0 spiro atoms. The second-order valence-corrected chi connectivity index (χ2v) is 7.87. The molecule has 1 aliphatic heterocycles. The third-order valence-corrected chi connectivity index (χ3v) is 5.39. The van der Waals surface area contributed by atoms with Crippen LogP contribution < -0.4 is 0 Å². The van der Waals surface area contributed by atoms with Gasteiger partial charge in [-0.15, -0.1) is 0 Å². The summed E-state index contributed by atoms with van der Waals surface area (Å²) in [5, 5.41) is 18.6. The Morgan fingerprint density at radius 2 is 1.64 bits per heavy atom. The first-order valence-electron chi connectivity index (χ1n) is 10.6. The number of hydrogen-bond acceptors (Lipinski definition) is 6. The Kier molecular flexibility index (Phi) is 10.2. The number of carbonyl (C=O) groups is 2. The molecule has 0 radical (unpaired) electrons. The molecule has 1 aliphatic carbocycles. The third kappa shape index (κ3) is 9.11. The number of carboxylic acids is 2. The Morgan fingerprint density at radius 1 is 1.00 bits per heavy atom. The van der Waals surface area contributed by atoms with Gasteiger partial charge in [0.05, 0.1) is 18.4 Å². The van der Waals surface area contributed by atoms with E-state index in [4.69, 9.17) is 24.5 Å². The maximum atomic E-state index is 10.6. The van der Waals surface area contributed by atoms with Crippen LogP contribution in [0.4, 0.5) is 26.3 Å². The molecule has 9 nitrogen and oxygen atoms in total. The van der Waals surface area contributed by atoms with Crippen LogP contribution in [-0.2, 0) is 27.4 Å². The van der Waals surface area contributed by atoms with Crippen molar-refractivity contribution in [3.05, 3.63) is 48.5 Å². The number of ether oxygens (including phenoxy) is 1. The Balaban J connectivity index is 0.000000271. The second kappa shape index (κ2) is 12.7. The number of aliphatic carboxylic acids is 2. The van der Waals surface area contributed by atoms with Gasteiger partial charge >= 0.3 is 24.3 Å². The van der Waals surface area contributed by atoms with Gasteiger partial charge in [-0.05, 0) is 31.0 Å². The quantitative estimate of drug-likeness (QED) is 0.584. The Hall–Kier alpha value is -3.20. The van der Waals surface area contributed by atoms with Crippen LogP contribution in [-0.4, -0.2) is 79.5 Å². The van der Waals surface area contributed by atoms with Crippen LogP contribution >= 0.6 is 0 Å². The third-order valence-electron chi connectivity index (χ3n) is 5.39. The Labute approximate surface area is 201 Å². The minimum atomic E-state index is -5.08. The van der Waals surface area contributed by atoms with Gasteiger partial charge < -0.3 is 14.9 Å². The molecule has 200 valence electrons. The van der Waals surface area contributed by atoms with Crippen LogP contribution in [0.3, 0.4) is 0 Å². The number of fused-ring (bicyclic) bond motifs is 1. The molecule has 1 saturated heterocycles. The van der Waals surface area contributed by atoms with Crippen LogP contribution in [0.25, 0.3) is 0 Å². The smallest absolute Gasteiger partial charge is 0.475 e. The highest BCUT2D eigenvalue weighted by Gasteiger charge is 2.43. The molecule has 1 unspecified atom stereocenters. The first-order chi connectivity index (χ1) is 16.8. The van der Waals surface area contributed by atoms with Crippen molar-refractivity contribution in [2.75, 3.05) is 13.2 Å². The average molecular weight is 526 g/mol. The lowest BCUT2D eigenvalue weighted by atomic mass is 10.0. The van der Waals surface area contributed by atoms with Gasteiger partial charge in [0.25, 0.3) is 0 Å². The fraction of sp³-hybridized carbons (Fsp3) is 0.524. The molecule has 2 aromatic rings. The van der Waals surface area contributed by atoms with Gasteiger partial charge in [0.1, 0.15) is 0 Å². The van der Waals surface area contributed by atoms with E-state index in [9.17, 15) is 26.3 Å². The highest BCUT2D eigenvalue weighted by atomic mass is 19.4. The van der Waals surface area contributed by atoms with Crippen molar-refractivity contribution in [3.63, 3.8) is 0 Å². The molecule has 3 atom stereocenters. The number of alkyl halides is 6. The zero-order valence-electron chi connectivity index (χ0n) is 18.7. The van der Waals surface area contributed by atoms with E-state index < -0.39 is 24.3 Å². The molecule has 1 saturated carbocycles. The molecule has 4 rings (SSSR count). The summed E-state index contributed by atoms with van der Waals surface area (Å²) in [7, 11) is 0. The summed E-state index contributed by atoms with van der Waals surface area (Å²) >= 11 is 0. The molecule has 2 aliphatic rings.